The normalized spacial score (nSPS) is 18.3. The van der Waals surface area contributed by atoms with Gasteiger partial charge in [0.2, 0.25) is 11.8 Å². The second-order valence-electron chi connectivity index (χ2n) is 5.50. The van der Waals surface area contributed by atoms with Crippen LogP contribution < -0.4 is 5.32 Å². The lowest BCUT2D eigenvalue weighted by atomic mass is 10.2. The van der Waals surface area contributed by atoms with Crippen LogP contribution in [-0.2, 0) is 14.3 Å². The highest BCUT2D eigenvalue weighted by atomic mass is 16.5. The lowest BCUT2D eigenvalue weighted by molar-refractivity contribution is -0.130. The van der Waals surface area contributed by atoms with Gasteiger partial charge in [-0.05, 0) is 26.9 Å². The summed E-state index contributed by atoms with van der Waals surface area (Å²) < 4.78 is 5.45. The maximum atomic E-state index is 11.7. The summed E-state index contributed by atoms with van der Waals surface area (Å²) in [6, 6.07) is 0. The third kappa shape index (κ3) is 6.86. The molecule has 1 heterocycles. The lowest BCUT2D eigenvalue weighted by Gasteiger charge is -2.22. The summed E-state index contributed by atoms with van der Waals surface area (Å²) in [6.07, 6.45) is 2.60. The second kappa shape index (κ2) is 8.92. The third-order valence-electron chi connectivity index (χ3n) is 3.42. The fraction of sp³-hybridized carbons (Fsp3) is 0.857. The Morgan fingerprint density at radius 1 is 1.25 bits per heavy atom. The Labute approximate surface area is 121 Å². The first-order chi connectivity index (χ1) is 9.49. The zero-order valence-electron chi connectivity index (χ0n) is 12.9. The highest BCUT2D eigenvalue weighted by Crippen LogP contribution is 2.10. The molecule has 1 aliphatic rings. The number of carbonyl (C=O) groups is 2. The van der Waals surface area contributed by atoms with Crippen LogP contribution in [0.3, 0.4) is 0 Å². The first kappa shape index (κ1) is 16.9. The largest absolute Gasteiger partial charge is 0.376 e. The van der Waals surface area contributed by atoms with Crippen molar-refractivity contribution in [3.8, 4) is 0 Å². The van der Waals surface area contributed by atoms with Gasteiger partial charge in [0.15, 0.2) is 0 Å². The Balaban J connectivity index is 2.20. The maximum Gasteiger partial charge on any atom is 0.221 e. The summed E-state index contributed by atoms with van der Waals surface area (Å²) in [6.45, 7) is 4.85. The Kier molecular flexibility index (Phi) is 7.54. The number of amides is 2. The van der Waals surface area contributed by atoms with E-state index in [1.807, 2.05) is 19.0 Å². The molecule has 1 unspecified atom stereocenters. The molecule has 1 fully saturated rings. The zero-order chi connectivity index (χ0) is 15.0. The molecule has 1 N–H and O–H groups in total. The summed E-state index contributed by atoms with van der Waals surface area (Å²) in [4.78, 5) is 27.0. The minimum atomic E-state index is -0.0170. The summed E-state index contributed by atoms with van der Waals surface area (Å²) in [5, 5.41) is 2.87. The molecule has 1 saturated heterocycles. The number of carbonyl (C=O) groups excluding carboxylic acids is 2. The van der Waals surface area contributed by atoms with Crippen LogP contribution in [0.5, 0.6) is 0 Å². The van der Waals surface area contributed by atoms with Crippen LogP contribution in [0, 0.1) is 0 Å². The molecule has 116 valence electrons. The van der Waals surface area contributed by atoms with Crippen molar-refractivity contribution in [2.75, 3.05) is 46.9 Å². The molecule has 1 atom stereocenters. The van der Waals surface area contributed by atoms with Crippen molar-refractivity contribution in [3.63, 3.8) is 0 Å². The van der Waals surface area contributed by atoms with Gasteiger partial charge in [-0.2, -0.15) is 0 Å². The van der Waals surface area contributed by atoms with E-state index in [9.17, 15) is 9.59 Å². The van der Waals surface area contributed by atoms with E-state index in [0.717, 1.165) is 26.0 Å². The smallest absolute Gasteiger partial charge is 0.221 e. The van der Waals surface area contributed by atoms with Gasteiger partial charge in [0.25, 0.3) is 0 Å². The van der Waals surface area contributed by atoms with Gasteiger partial charge in [-0.1, -0.05) is 0 Å². The monoisotopic (exact) mass is 285 g/mol. The SMILES string of the molecule is CC(=O)N(CCC(=O)NCC1CCCO1)CCN(C)C. The van der Waals surface area contributed by atoms with Gasteiger partial charge in [-0.3, -0.25) is 9.59 Å². The predicted octanol–water partition coefficient (Wildman–Crippen LogP) is 0.0818. The topological polar surface area (TPSA) is 61.9 Å². The van der Waals surface area contributed by atoms with E-state index in [2.05, 4.69) is 5.32 Å². The van der Waals surface area contributed by atoms with Crippen molar-refractivity contribution < 1.29 is 14.3 Å². The van der Waals surface area contributed by atoms with Gasteiger partial charge in [0.05, 0.1) is 6.10 Å². The number of hydrogen-bond acceptors (Lipinski definition) is 4. The average Bonchev–Trinajstić information content (AvgIpc) is 2.88. The summed E-state index contributed by atoms with van der Waals surface area (Å²) in [7, 11) is 3.93. The maximum absolute atomic E-state index is 11.7. The van der Waals surface area contributed by atoms with E-state index >= 15 is 0 Å². The predicted molar refractivity (Wildman–Crippen MR) is 77.4 cm³/mol. The van der Waals surface area contributed by atoms with Crippen LogP contribution in [0.15, 0.2) is 0 Å². The van der Waals surface area contributed by atoms with Crippen molar-refractivity contribution in [3.05, 3.63) is 0 Å². The molecule has 6 heteroatoms. The number of nitrogens with zero attached hydrogens (tertiary/aromatic N) is 2. The van der Waals surface area contributed by atoms with Crippen molar-refractivity contribution in [2.24, 2.45) is 0 Å². The van der Waals surface area contributed by atoms with Gasteiger partial charge in [-0.15, -0.1) is 0 Å². The molecule has 0 aromatic carbocycles. The Hall–Kier alpha value is -1.14. The second-order valence-corrected chi connectivity index (χ2v) is 5.50. The highest BCUT2D eigenvalue weighted by Gasteiger charge is 2.16. The molecule has 0 radical (unpaired) electrons. The lowest BCUT2D eigenvalue weighted by Crippen LogP contribution is -2.39. The van der Waals surface area contributed by atoms with E-state index < -0.39 is 0 Å². The van der Waals surface area contributed by atoms with Crippen LogP contribution >= 0.6 is 0 Å². The number of likely N-dealkylation sites (N-methyl/N-ethyl adjacent to an activating group) is 1. The molecule has 0 aromatic rings. The van der Waals surface area contributed by atoms with Crippen LogP contribution in [0.25, 0.3) is 0 Å². The molecule has 6 nitrogen and oxygen atoms in total. The summed E-state index contributed by atoms with van der Waals surface area (Å²) in [5.74, 6) is -0.00428. The molecule has 0 aromatic heterocycles. The molecule has 0 bridgehead atoms. The van der Waals surface area contributed by atoms with Gasteiger partial charge in [0, 0.05) is 46.1 Å². The Morgan fingerprint density at radius 3 is 2.55 bits per heavy atom. The van der Waals surface area contributed by atoms with Crippen LogP contribution in [0.2, 0.25) is 0 Å². The average molecular weight is 285 g/mol. The first-order valence-electron chi connectivity index (χ1n) is 7.27. The third-order valence-corrected chi connectivity index (χ3v) is 3.42. The van der Waals surface area contributed by atoms with E-state index in [1.54, 1.807) is 11.8 Å². The van der Waals surface area contributed by atoms with E-state index in [1.165, 1.54) is 0 Å². The fourth-order valence-corrected chi connectivity index (χ4v) is 2.11. The van der Waals surface area contributed by atoms with Crippen molar-refractivity contribution in [2.45, 2.75) is 32.3 Å². The molecule has 0 spiro atoms. The molecular weight excluding hydrogens is 258 g/mol. The minimum absolute atomic E-state index is 0.0128. The number of rotatable bonds is 8. The van der Waals surface area contributed by atoms with Gasteiger partial charge in [-0.25, -0.2) is 0 Å². The van der Waals surface area contributed by atoms with Gasteiger partial charge >= 0.3 is 0 Å². The van der Waals surface area contributed by atoms with Crippen molar-refractivity contribution in [1.82, 2.24) is 15.1 Å². The zero-order valence-corrected chi connectivity index (χ0v) is 12.9. The summed E-state index contributed by atoms with van der Waals surface area (Å²) in [5.41, 5.74) is 0. The highest BCUT2D eigenvalue weighted by molar-refractivity contribution is 5.78. The standard InChI is InChI=1S/C14H27N3O3/c1-12(18)17(9-8-16(2)3)7-6-14(19)15-11-13-5-4-10-20-13/h13H,4-11H2,1-3H3,(H,15,19). The van der Waals surface area contributed by atoms with Crippen LogP contribution in [0.4, 0.5) is 0 Å². The number of nitrogens with one attached hydrogen (secondary N) is 1. The Bertz CT molecular complexity index is 315. The van der Waals surface area contributed by atoms with Gasteiger partial charge < -0.3 is 19.9 Å². The molecule has 0 saturated carbocycles. The van der Waals surface area contributed by atoms with Crippen LogP contribution in [0.1, 0.15) is 26.2 Å². The molecule has 2 amide bonds. The van der Waals surface area contributed by atoms with Crippen LogP contribution in [-0.4, -0.2) is 74.6 Å². The molecule has 20 heavy (non-hydrogen) atoms. The quantitative estimate of drug-likeness (QED) is 0.686. The minimum Gasteiger partial charge on any atom is -0.376 e. The van der Waals surface area contributed by atoms with Crippen molar-refractivity contribution >= 4 is 11.8 Å². The molecule has 1 aliphatic heterocycles. The molecule has 0 aliphatic carbocycles. The number of hydrogen-bond donors (Lipinski definition) is 1. The van der Waals surface area contributed by atoms with E-state index in [4.69, 9.17) is 4.74 Å². The van der Waals surface area contributed by atoms with Gasteiger partial charge in [0.1, 0.15) is 0 Å². The van der Waals surface area contributed by atoms with E-state index in [-0.39, 0.29) is 17.9 Å². The molecular formula is C14H27N3O3. The number of ether oxygens (including phenoxy) is 1. The Morgan fingerprint density at radius 2 is 2.00 bits per heavy atom. The molecule has 1 rings (SSSR count). The van der Waals surface area contributed by atoms with E-state index in [0.29, 0.717) is 26.1 Å². The summed E-state index contributed by atoms with van der Waals surface area (Å²) >= 11 is 0. The fourth-order valence-electron chi connectivity index (χ4n) is 2.11. The van der Waals surface area contributed by atoms with Crippen molar-refractivity contribution in [1.29, 1.82) is 0 Å². The first-order valence-corrected chi connectivity index (χ1v) is 7.27.